The van der Waals surface area contributed by atoms with E-state index in [4.69, 9.17) is 14.2 Å². The Labute approximate surface area is 285 Å². The minimum atomic E-state index is -0.948. The second kappa shape index (κ2) is 18.9. The van der Waals surface area contributed by atoms with Crippen molar-refractivity contribution in [3.8, 4) is 0 Å². The van der Waals surface area contributed by atoms with E-state index >= 15 is 0 Å². The molecule has 0 aromatic heterocycles. The van der Waals surface area contributed by atoms with Gasteiger partial charge >= 0.3 is 6.09 Å². The number of nitrogens with one attached hydrogen (secondary N) is 4. The van der Waals surface area contributed by atoms with Crippen LogP contribution in [-0.2, 0) is 38.2 Å². The van der Waals surface area contributed by atoms with Crippen LogP contribution in [-0.4, -0.2) is 103 Å². The van der Waals surface area contributed by atoms with E-state index in [-0.39, 0.29) is 37.9 Å². The number of carbonyl (C=O) groups excluding carboxylic acids is 6. The minimum absolute atomic E-state index is 0.0202. The van der Waals surface area contributed by atoms with E-state index in [9.17, 15) is 28.8 Å². The number of ether oxygens (including phenoxy) is 3. The largest absolute Gasteiger partial charge is 0.444 e. The van der Waals surface area contributed by atoms with Gasteiger partial charge in [-0.1, -0.05) is 20.8 Å². The molecule has 14 nitrogen and oxygen atoms in total. The average molecular weight is 682 g/mol. The van der Waals surface area contributed by atoms with Crippen molar-refractivity contribution in [2.24, 2.45) is 5.41 Å². The van der Waals surface area contributed by atoms with Crippen molar-refractivity contribution in [3.63, 3.8) is 0 Å². The monoisotopic (exact) mass is 681 g/mol. The standard InChI is InChI=1S/C34H59N5O9/c1-11-33(7,8)47-23-24(38-30(45)48-31(2,3)4)28(43)36-18-12-19-37-29(44)32(5,6)17-22-46-34(9,10)16-20-35-25(40)15-21-39-26(41)13-14-27(39)42/h13-14,24H,11-12,15-23H2,1-10H3,(H,35,40)(H,36,43)(H,37,44)(H,38,45)/t24-/m0/s1. The lowest BCUT2D eigenvalue weighted by Gasteiger charge is -2.29. The van der Waals surface area contributed by atoms with Crippen molar-refractivity contribution < 1.29 is 43.0 Å². The second-order valence-electron chi connectivity index (χ2n) is 14.8. The fourth-order valence-corrected chi connectivity index (χ4v) is 4.13. The molecule has 1 heterocycles. The molecule has 48 heavy (non-hydrogen) atoms. The topological polar surface area (TPSA) is 181 Å². The molecule has 0 spiro atoms. The Hall–Kier alpha value is -3.52. The van der Waals surface area contributed by atoms with Gasteiger partial charge in [0.1, 0.15) is 11.6 Å². The summed E-state index contributed by atoms with van der Waals surface area (Å²) < 4.78 is 17.2. The first-order valence-electron chi connectivity index (χ1n) is 16.7. The van der Waals surface area contributed by atoms with Crippen molar-refractivity contribution in [2.75, 3.05) is 39.4 Å². The van der Waals surface area contributed by atoms with Crippen molar-refractivity contribution in [3.05, 3.63) is 12.2 Å². The van der Waals surface area contributed by atoms with E-state index in [1.165, 1.54) is 12.2 Å². The molecule has 0 radical (unpaired) electrons. The molecule has 0 aromatic rings. The number of nitrogens with zero attached hydrogens (tertiary/aromatic N) is 1. The predicted octanol–water partition coefficient (Wildman–Crippen LogP) is 2.74. The highest BCUT2D eigenvalue weighted by molar-refractivity contribution is 6.13. The lowest BCUT2D eigenvalue weighted by atomic mass is 9.88. The van der Waals surface area contributed by atoms with Gasteiger partial charge in [0.15, 0.2) is 0 Å². The zero-order valence-corrected chi connectivity index (χ0v) is 30.6. The summed E-state index contributed by atoms with van der Waals surface area (Å²) in [7, 11) is 0. The highest BCUT2D eigenvalue weighted by Gasteiger charge is 2.30. The Balaban J connectivity index is 2.39. The van der Waals surface area contributed by atoms with E-state index < -0.39 is 52.1 Å². The number of amides is 6. The summed E-state index contributed by atoms with van der Waals surface area (Å²) in [6.45, 7) is 19.8. The Bertz CT molecular complexity index is 1140. The van der Waals surface area contributed by atoms with E-state index in [2.05, 4.69) is 21.3 Å². The Morgan fingerprint density at radius 3 is 1.98 bits per heavy atom. The van der Waals surface area contributed by atoms with Gasteiger partial charge in [-0.3, -0.25) is 28.9 Å². The van der Waals surface area contributed by atoms with Gasteiger partial charge in [-0.25, -0.2) is 4.79 Å². The van der Waals surface area contributed by atoms with Crippen molar-refractivity contribution >= 4 is 35.6 Å². The van der Waals surface area contributed by atoms with Gasteiger partial charge in [-0.2, -0.15) is 0 Å². The molecule has 0 unspecified atom stereocenters. The first kappa shape index (κ1) is 42.5. The van der Waals surface area contributed by atoms with Crippen LogP contribution in [0.2, 0.25) is 0 Å². The Morgan fingerprint density at radius 2 is 1.40 bits per heavy atom. The van der Waals surface area contributed by atoms with Crippen molar-refractivity contribution in [2.45, 2.75) is 124 Å². The van der Waals surface area contributed by atoms with Gasteiger partial charge in [-0.05, 0) is 74.1 Å². The summed E-state index contributed by atoms with van der Waals surface area (Å²) >= 11 is 0. The molecule has 1 rings (SSSR count). The van der Waals surface area contributed by atoms with Crippen LogP contribution in [0.4, 0.5) is 4.79 Å². The normalized spacial score (nSPS) is 14.5. The number of carbonyl (C=O) groups is 6. The molecule has 0 saturated heterocycles. The highest BCUT2D eigenvalue weighted by Crippen LogP contribution is 2.23. The fourth-order valence-electron chi connectivity index (χ4n) is 4.13. The van der Waals surface area contributed by atoms with Crippen LogP contribution >= 0.6 is 0 Å². The van der Waals surface area contributed by atoms with E-state index in [0.29, 0.717) is 39.0 Å². The molecule has 4 N–H and O–H groups in total. The molecule has 0 fully saturated rings. The molecule has 1 aliphatic heterocycles. The number of rotatable bonds is 21. The number of alkyl carbamates (subject to hydrolysis) is 1. The zero-order valence-electron chi connectivity index (χ0n) is 30.6. The maximum atomic E-state index is 12.9. The maximum Gasteiger partial charge on any atom is 0.408 e. The first-order valence-corrected chi connectivity index (χ1v) is 16.7. The first-order chi connectivity index (χ1) is 22.1. The summed E-state index contributed by atoms with van der Waals surface area (Å²) in [5.41, 5.74) is -2.46. The van der Waals surface area contributed by atoms with E-state index in [1.807, 2.05) is 48.5 Å². The molecule has 0 bridgehead atoms. The summed E-state index contributed by atoms with van der Waals surface area (Å²) in [6, 6.07) is -0.948. The Morgan fingerprint density at radius 1 is 0.792 bits per heavy atom. The number of hydrogen-bond donors (Lipinski definition) is 4. The van der Waals surface area contributed by atoms with Crippen LogP contribution < -0.4 is 21.3 Å². The lowest BCUT2D eigenvalue weighted by Crippen LogP contribution is -2.52. The molecule has 1 aliphatic rings. The van der Waals surface area contributed by atoms with Crippen LogP contribution in [0.3, 0.4) is 0 Å². The second-order valence-corrected chi connectivity index (χ2v) is 14.8. The van der Waals surface area contributed by atoms with Crippen LogP contribution in [0, 0.1) is 5.41 Å². The highest BCUT2D eigenvalue weighted by atomic mass is 16.6. The van der Waals surface area contributed by atoms with Crippen molar-refractivity contribution in [1.82, 2.24) is 26.2 Å². The van der Waals surface area contributed by atoms with Gasteiger partial charge in [-0.15, -0.1) is 0 Å². The molecule has 0 aromatic carbocycles. The third kappa shape index (κ3) is 17.0. The summed E-state index contributed by atoms with van der Waals surface area (Å²) in [5.74, 6) is -1.66. The van der Waals surface area contributed by atoms with Crippen LogP contribution in [0.15, 0.2) is 12.2 Å². The molecule has 274 valence electrons. The summed E-state index contributed by atoms with van der Waals surface area (Å²) in [6.07, 6.45) is 3.87. The smallest absolute Gasteiger partial charge is 0.408 e. The van der Waals surface area contributed by atoms with E-state index in [0.717, 1.165) is 11.3 Å². The molecular formula is C34H59N5O9. The number of hydrogen-bond acceptors (Lipinski definition) is 9. The molecule has 14 heteroatoms. The molecule has 0 aliphatic carbocycles. The number of imide groups is 1. The van der Waals surface area contributed by atoms with Crippen LogP contribution in [0.5, 0.6) is 0 Å². The van der Waals surface area contributed by atoms with Gasteiger partial charge in [0.25, 0.3) is 11.8 Å². The molecule has 0 saturated carbocycles. The maximum absolute atomic E-state index is 12.9. The molecule has 1 atom stereocenters. The van der Waals surface area contributed by atoms with Gasteiger partial charge < -0.3 is 35.5 Å². The summed E-state index contributed by atoms with van der Waals surface area (Å²) in [5, 5.41) is 11.1. The zero-order chi connectivity index (χ0) is 36.8. The van der Waals surface area contributed by atoms with Gasteiger partial charge in [0, 0.05) is 56.8 Å². The minimum Gasteiger partial charge on any atom is -0.444 e. The third-order valence-corrected chi connectivity index (χ3v) is 7.78. The molecule has 6 amide bonds. The van der Waals surface area contributed by atoms with Crippen molar-refractivity contribution in [1.29, 1.82) is 0 Å². The van der Waals surface area contributed by atoms with Crippen LogP contribution in [0.25, 0.3) is 0 Å². The van der Waals surface area contributed by atoms with E-state index in [1.54, 1.807) is 20.8 Å². The van der Waals surface area contributed by atoms with Gasteiger partial charge in [0.2, 0.25) is 17.7 Å². The third-order valence-electron chi connectivity index (χ3n) is 7.78. The van der Waals surface area contributed by atoms with Gasteiger partial charge in [0.05, 0.1) is 17.8 Å². The quantitative estimate of drug-likeness (QED) is 0.105. The lowest BCUT2D eigenvalue weighted by molar-refractivity contribution is -0.137. The summed E-state index contributed by atoms with van der Waals surface area (Å²) in [4.78, 5) is 74.5. The SMILES string of the molecule is CCC(C)(C)OC[C@H](NC(=O)OC(C)(C)C)C(=O)NCCCNC(=O)C(C)(C)CCOC(C)(C)CCNC(=O)CCN1C(=O)C=CC1=O. The fraction of sp³-hybridized carbons (Fsp3) is 0.765. The van der Waals surface area contributed by atoms with Crippen LogP contribution in [0.1, 0.15) is 101 Å². The Kier molecular flexibility index (Phi) is 16.7. The molecular weight excluding hydrogens is 622 g/mol. The predicted molar refractivity (Wildman–Crippen MR) is 181 cm³/mol. The average Bonchev–Trinajstić information content (AvgIpc) is 3.28.